The fourth-order valence-electron chi connectivity index (χ4n) is 1.68. The van der Waals surface area contributed by atoms with Gasteiger partial charge in [0.05, 0.1) is 10.7 Å². The van der Waals surface area contributed by atoms with Crippen molar-refractivity contribution in [1.82, 2.24) is 0 Å². The topological polar surface area (TPSA) is 57.6 Å². The Morgan fingerprint density at radius 2 is 1.57 bits per heavy atom. The fourth-order valence-corrected chi connectivity index (χ4v) is 3.74. The summed E-state index contributed by atoms with van der Waals surface area (Å²) in [4.78, 5) is -0.363. The van der Waals surface area contributed by atoms with E-state index >= 15 is 0 Å². The summed E-state index contributed by atoms with van der Waals surface area (Å²) in [6.45, 7) is 0. The molecule has 0 atom stereocenters. The molecule has 0 amide bonds. The standard InChI is InChI=1S/C13H10Cl3NO3S/c1-17(10-4-2-8(14)3-5-10)21(19,20)12-7-9(15)6-11(16)13(12)18/h2-7,18H,1H3. The third kappa shape index (κ3) is 3.21. The van der Waals surface area contributed by atoms with Gasteiger partial charge in [0.15, 0.2) is 5.75 Å². The predicted molar refractivity (Wildman–Crippen MR) is 85.2 cm³/mol. The Kier molecular flexibility index (Phi) is 4.58. The van der Waals surface area contributed by atoms with Crippen LogP contribution in [-0.2, 0) is 10.0 Å². The van der Waals surface area contributed by atoms with Crippen molar-refractivity contribution < 1.29 is 13.5 Å². The zero-order valence-electron chi connectivity index (χ0n) is 10.7. The molecule has 1 N–H and O–H groups in total. The normalized spacial score (nSPS) is 11.4. The van der Waals surface area contributed by atoms with E-state index in [-0.39, 0.29) is 14.9 Å². The van der Waals surface area contributed by atoms with Gasteiger partial charge >= 0.3 is 0 Å². The highest BCUT2D eigenvalue weighted by Crippen LogP contribution is 2.36. The predicted octanol–water partition coefficient (Wildman–Crippen LogP) is 4.18. The van der Waals surface area contributed by atoms with E-state index in [1.54, 1.807) is 24.3 Å². The van der Waals surface area contributed by atoms with Crippen LogP contribution in [0.3, 0.4) is 0 Å². The molecule has 2 aromatic carbocycles. The second-order valence-electron chi connectivity index (χ2n) is 4.18. The van der Waals surface area contributed by atoms with E-state index in [1.165, 1.54) is 13.1 Å². The van der Waals surface area contributed by atoms with Crippen molar-refractivity contribution in [3.05, 3.63) is 51.5 Å². The van der Waals surface area contributed by atoms with E-state index in [0.717, 1.165) is 10.4 Å². The molecule has 0 saturated carbocycles. The van der Waals surface area contributed by atoms with Gasteiger partial charge in [-0.25, -0.2) is 8.42 Å². The summed E-state index contributed by atoms with van der Waals surface area (Å²) in [5.41, 5.74) is 0.384. The number of halogens is 3. The van der Waals surface area contributed by atoms with Crippen molar-refractivity contribution in [2.75, 3.05) is 11.4 Å². The minimum absolute atomic E-state index is 0.112. The van der Waals surface area contributed by atoms with Crippen molar-refractivity contribution in [2.24, 2.45) is 0 Å². The van der Waals surface area contributed by atoms with Crippen molar-refractivity contribution in [3.8, 4) is 5.75 Å². The lowest BCUT2D eigenvalue weighted by Crippen LogP contribution is -2.26. The number of nitrogens with zero attached hydrogens (tertiary/aromatic N) is 1. The fraction of sp³-hybridized carbons (Fsp3) is 0.0769. The Bertz CT molecular complexity index is 776. The number of aromatic hydroxyl groups is 1. The Balaban J connectivity index is 2.54. The SMILES string of the molecule is CN(c1ccc(Cl)cc1)S(=O)(=O)c1cc(Cl)cc(Cl)c1O. The maximum absolute atomic E-state index is 12.6. The van der Waals surface area contributed by atoms with E-state index in [2.05, 4.69) is 0 Å². The van der Waals surface area contributed by atoms with E-state index in [1.807, 2.05) is 0 Å². The summed E-state index contributed by atoms with van der Waals surface area (Å²) in [6, 6.07) is 8.62. The van der Waals surface area contributed by atoms with Gasteiger partial charge in [-0.15, -0.1) is 0 Å². The quantitative estimate of drug-likeness (QED) is 0.886. The Hall–Kier alpha value is -1.14. The van der Waals surface area contributed by atoms with Crippen LogP contribution in [-0.4, -0.2) is 20.6 Å². The number of hydrogen-bond donors (Lipinski definition) is 1. The highest BCUT2D eigenvalue weighted by Gasteiger charge is 2.26. The Labute approximate surface area is 137 Å². The van der Waals surface area contributed by atoms with Crippen molar-refractivity contribution >= 4 is 50.5 Å². The Morgan fingerprint density at radius 3 is 2.14 bits per heavy atom. The third-order valence-corrected chi connectivity index (χ3v) is 5.38. The minimum Gasteiger partial charge on any atom is -0.505 e. The van der Waals surface area contributed by atoms with Gasteiger partial charge < -0.3 is 5.11 Å². The second-order valence-corrected chi connectivity index (χ2v) is 7.40. The van der Waals surface area contributed by atoms with E-state index in [4.69, 9.17) is 34.8 Å². The summed E-state index contributed by atoms with van der Waals surface area (Å²) in [5, 5.41) is 10.3. The molecular formula is C13H10Cl3NO3S. The number of phenolic OH excluding ortho intramolecular Hbond substituents is 1. The minimum atomic E-state index is -4.01. The van der Waals surface area contributed by atoms with Crippen molar-refractivity contribution in [3.63, 3.8) is 0 Å². The molecule has 0 aliphatic heterocycles. The summed E-state index contributed by atoms with van der Waals surface area (Å²) >= 11 is 17.3. The molecule has 21 heavy (non-hydrogen) atoms. The highest BCUT2D eigenvalue weighted by molar-refractivity contribution is 7.93. The van der Waals surface area contributed by atoms with Crippen molar-refractivity contribution in [1.29, 1.82) is 0 Å². The zero-order valence-corrected chi connectivity index (χ0v) is 13.8. The molecule has 0 aliphatic carbocycles. The molecule has 0 unspecified atom stereocenters. The first-order chi connectivity index (χ1) is 9.73. The maximum atomic E-state index is 12.6. The van der Waals surface area contributed by atoms with Crippen LogP contribution >= 0.6 is 34.8 Å². The highest BCUT2D eigenvalue weighted by atomic mass is 35.5. The summed E-state index contributed by atoms with van der Waals surface area (Å²) in [5.74, 6) is -0.540. The van der Waals surface area contributed by atoms with Gasteiger partial charge in [-0.05, 0) is 36.4 Å². The molecule has 0 aliphatic rings. The molecule has 0 saturated heterocycles. The van der Waals surface area contributed by atoms with Crippen LogP contribution in [0.1, 0.15) is 0 Å². The summed E-state index contributed by atoms with van der Waals surface area (Å²) < 4.78 is 26.1. The van der Waals surface area contributed by atoms with Gasteiger partial charge in [0.1, 0.15) is 4.90 Å². The summed E-state index contributed by atoms with van der Waals surface area (Å²) in [7, 11) is -2.66. The number of sulfonamides is 1. The van der Waals surface area contributed by atoms with Crippen LogP contribution in [0.5, 0.6) is 5.75 Å². The first kappa shape index (κ1) is 16.2. The van der Waals surface area contributed by atoms with Gasteiger partial charge in [0.2, 0.25) is 0 Å². The lowest BCUT2D eigenvalue weighted by Gasteiger charge is -2.20. The maximum Gasteiger partial charge on any atom is 0.267 e. The molecule has 0 heterocycles. The van der Waals surface area contributed by atoms with Crippen LogP contribution in [0.2, 0.25) is 15.1 Å². The molecule has 0 radical (unpaired) electrons. The molecule has 0 spiro atoms. The molecule has 0 aromatic heterocycles. The first-order valence-corrected chi connectivity index (χ1v) is 8.23. The number of phenols is 1. The average molecular weight is 367 g/mol. The zero-order chi connectivity index (χ0) is 15.8. The lowest BCUT2D eigenvalue weighted by atomic mass is 10.3. The summed E-state index contributed by atoms with van der Waals surface area (Å²) in [6.07, 6.45) is 0. The molecule has 8 heteroatoms. The first-order valence-electron chi connectivity index (χ1n) is 5.66. The molecule has 112 valence electrons. The average Bonchev–Trinajstić information content (AvgIpc) is 2.42. The van der Waals surface area contributed by atoms with Crippen molar-refractivity contribution in [2.45, 2.75) is 4.90 Å². The van der Waals surface area contributed by atoms with E-state index < -0.39 is 15.8 Å². The molecular weight excluding hydrogens is 357 g/mol. The molecule has 2 aromatic rings. The van der Waals surface area contributed by atoms with Crippen LogP contribution in [0.4, 0.5) is 5.69 Å². The second kappa shape index (κ2) is 5.93. The van der Waals surface area contributed by atoms with E-state index in [9.17, 15) is 13.5 Å². The molecule has 2 rings (SSSR count). The van der Waals surface area contributed by atoms with Gasteiger partial charge in [0, 0.05) is 17.1 Å². The van der Waals surface area contributed by atoms with Gasteiger partial charge in [-0.1, -0.05) is 34.8 Å². The van der Waals surface area contributed by atoms with Crippen LogP contribution in [0.15, 0.2) is 41.3 Å². The number of benzene rings is 2. The smallest absolute Gasteiger partial charge is 0.267 e. The van der Waals surface area contributed by atoms with Gasteiger partial charge in [-0.2, -0.15) is 0 Å². The van der Waals surface area contributed by atoms with Gasteiger partial charge in [0.25, 0.3) is 10.0 Å². The van der Waals surface area contributed by atoms with E-state index in [0.29, 0.717) is 10.7 Å². The molecule has 4 nitrogen and oxygen atoms in total. The van der Waals surface area contributed by atoms with Gasteiger partial charge in [-0.3, -0.25) is 4.31 Å². The van der Waals surface area contributed by atoms with Crippen LogP contribution in [0, 0.1) is 0 Å². The largest absolute Gasteiger partial charge is 0.505 e. The number of hydrogen-bond acceptors (Lipinski definition) is 3. The lowest BCUT2D eigenvalue weighted by molar-refractivity contribution is 0.459. The van der Waals surface area contributed by atoms with Crippen LogP contribution < -0.4 is 4.31 Å². The number of rotatable bonds is 3. The monoisotopic (exact) mass is 365 g/mol. The Morgan fingerprint density at radius 1 is 1.00 bits per heavy atom. The molecule has 0 bridgehead atoms. The molecule has 0 fully saturated rings. The number of anilines is 1. The van der Waals surface area contributed by atoms with Crippen LogP contribution in [0.25, 0.3) is 0 Å². The third-order valence-electron chi connectivity index (χ3n) is 2.82.